The summed E-state index contributed by atoms with van der Waals surface area (Å²) >= 11 is 6.02. The topological polar surface area (TPSA) is 88.5 Å². The van der Waals surface area contributed by atoms with Gasteiger partial charge in [-0.25, -0.2) is 0 Å². The third-order valence-electron chi connectivity index (χ3n) is 3.71. The lowest BCUT2D eigenvalue weighted by Crippen LogP contribution is -2.21. The van der Waals surface area contributed by atoms with Gasteiger partial charge in [0.2, 0.25) is 5.88 Å². The van der Waals surface area contributed by atoms with E-state index in [1.54, 1.807) is 13.2 Å². The maximum absolute atomic E-state index is 9.77. The Hall–Kier alpha value is -2.84. The summed E-state index contributed by atoms with van der Waals surface area (Å²) in [6, 6.07) is 12.4. The van der Waals surface area contributed by atoms with Gasteiger partial charge >= 0.3 is 0 Å². The van der Waals surface area contributed by atoms with Crippen LogP contribution in [0.4, 0.5) is 0 Å². The zero-order valence-electron chi connectivity index (χ0n) is 12.2. The maximum atomic E-state index is 9.77. The van der Waals surface area contributed by atoms with Crippen LogP contribution in [0.3, 0.4) is 0 Å². The molecule has 23 heavy (non-hydrogen) atoms. The molecule has 0 saturated carbocycles. The summed E-state index contributed by atoms with van der Waals surface area (Å²) in [5.41, 5.74) is 7.64. The van der Waals surface area contributed by atoms with Crippen LogP contribution in [-0.4, -0.2) is 12.2 Å². The van der Waals surface area contributed by atoms with Crippen LogP contribution in [-0.2, 0) is 0 Å². The predicted molar refractivity (Wildman–Crippen MR) is 85.4 cm³/mol. The third-order valence-corrected chi connectivity index (χ3v) is 4.01. The van der Waals surface area contributed by atoms with Gasteiger partial charge < -0.3 is 20.3 Å². The fourth-order valence-electron chi connectivity index (χ4n) is 2.63. The minimum atomic E-state index is -0.447. The van der Waals surface area contributed by atoms with Gasteiger partial charge in [0, 0.05) is 11.6 Å². The SMILES string of the molecule is COc1cccc([C@@H]2C(C#N)=C(N)Oc3cc(O)c(Cl)cc32)c1. The van der Waals surface area contributed by atoms with E-state index < -0.39 is 5.92 Å². The van der Waals surface area contributed by atoms with Crippen molar-refractivity contribution >= 4 is 11.6 Å². The molecule has 0 bridgehead atoms. The molecule has 2 aromatic carbocycles. The average Bonchev–Trinajstić information content (AvgIpc) is 2.55. The first-order chi connectivity index (χ1) is 11.0. The predicted octanol–water partition coefficient (Wildman–Crippen LogP) is 3.27. The first kappa shape index (κ1) is 15.1. The number of benzene rings is 2. The van der Waals surface area contributed by atoms with Crippen LogP contribution in [0.5, 0.6) is 17.2 Å². The number of ether oxygens (including phenoxy) is 2. The van der Waals surface area contributed by atoms with Gasteiger partial charge in [-0.1, -0.05) is 23.7 Å². The Bertz CT molecular complexity index is 855. The van der Waals surface area contributed by atoms with E-state index in [4.69, 9.17) is 26.8 Å². The van der Waals surface area contributed by atoms with Crippen LogP contribution >= 0.6 is 11.6 Å². The Morgan fingerprint density at radius 3 is 2.83 bits per heavy atom. The van der Waals surface area contributed by atoms with Gasteiger partial charge in [-0.05, 0) is 23.8 Å². The van der Waals surface area contributed by atoms with Crippen LogP contribution in [0, 0.1) is 11.3 Å². The van der Waals surface area contributed by atoms with Gasteiger partial charge in [-0.3, -0.25) is 0 Å². The van der Waals surface area contributed by atoms with Crippen molar-refractivity contribution in [3.8, 4) is 23.3 Å². The highest BCUT2D eigenvalue weighted by molar-refractivity contribution is 6.32. The summed E-state index contributed by atoms with van der Waals surface area (Å²) in [6.07, 6.45) is 0. The number of fused-ring (bicyclic) bond motifs is 1. The molecular formula is C17H13ClN2O3. The molecule has 1 atom stereocenters. The molecular weight excluding hydrogens is 316 g/mol. The monoisotopic (exact) mass is 328 g/mol. The third kappa shape index (κ3) is 2.54. The van der Waals surface area contributed by atoms with E-state index in [9.17, 15) is 10.4 Å². The summed E-state index contributed by atoms with van der Waals surface area (Å²) < 4.78 is 10.7. The molecule has 1 aliphatic rings. The highest BCUT2D eigenvalue weighted by atomic mass is 35.5. The lowest BCUT2D eigenvalue weighted by atomic mass is 9.83. The maximum Gasteiger partial charge on any atom is 0.205 e. The standard InChI is InChI=1S/C17H13ClN2O3/c1-22-10-4-2-3-9(5-10)16-11-6-13(18)14(21)7-15(11)23-17(20)12(16)8-19/h2-7,16,21H,20H2,1H3/t16-/m0/s1. The zero-order valence-corrected chi connectivity index (χ0v) is 13.0. The van der Waals surface area contributed by atoms with Crippen LogP contribution in [0.25, 0.3) is 0 Å². The molecule has 3 rings (SSSR count). The van der Waals surface area contributed by atoms with Crippen molar-refractivity contribution in [3.63, 3.8) is 0 Å². The minimum Gasteiger partial charge on any atom is -0.506 e. The van der Waals surface area contributed by atoms with E-state index in [2.05, 4.69) is 6.07 Å². The fourth-order valence-corrected chi connectivity index (χ4v) is 2.80. The second-order valence-corrected chi connectivity index (χ2v) is 5.45. The molecule has 0 amide bonds. The zero-order chi connectivity index (χ0) is 16.6. The van der Waals surface area contributed by atoms with Crippen molar-refractivity contribution in [2.45, 2.75) is 5.92 Å². The molecule has 6 heteroatoms. The molecule has 0 unspecified atom stereocenters. The number of aromatic hydroxyl groups is 1. The minimum absolute atomic E-state index is 0.00884. The molecule has 0 radical (unpaired) electrons. The van der Waals surface area contributed by atoms with Gasteiger partial charge in [0.05, 0.1) is 18.1 Å². The van der Waals surface area contributed by atoms with Crippen molar-refractivity contribution in [1.82, 2.24) is 0 Å². The molecule has 0 saturated heterocycles. The molecule has 0 spiro atoms. The Kier molecular flexibility index (Phi) is 3.77. The number of rotatable bonds is 2. The number of phenols is 1. The molecule has 1 heterocycles. The van der Waals surface area contributed by atoms with E-state index in [0.29, 0.717) is 17.1 Å². The molecule has 3 N–H and O–H groups in total. The van der Waals surface area contributed by atoms with Gasteiger partial charge in [0.25, 0.3) is 0 Å². The van der Waals surface area contributed by atoms with E-state index in [-0.39, 0.29) is 22.2 Å². The summed E-state index contributed by atoms with van der Waals surface area (Å²) in [5.74, 6) is 0.488. The molecule has 0 aromatic heterocycles. The Morgan fingerprint density at radius 1 is 1.35 bits per heavy atom. The lowest BCUT2D eigenvalue weighted by molar-refractivity contribution is 0.387. The Morgan fingerprint density at radius 2 is 2.13 bits per heavy atom. The molecule has 5 nitrogen and oxygen atoms in total. The number of nitriles is 1. The fraction of sp³-hybridized carbons (Fsp3) is 0.118. The molecule has 0 fully saturated rings. The number of nitrogens with two attached hydrogens (primary N) is 1. The number of methoxy groups -OCH3 is 1. The molecule has 1 aliphatic heterocycles. The Balaban J connectivity index is 2.24. The van der Waals surface area contributed by atoms with Gasteiger partial charge in [-0.2, -0.15) is 5.26 Å². The van der Waals surface area contributed by atoms with Crippen molar-refractivity contribution < 1.29 is 14.6 Å². The van der Waals surface area contributed by atoms with Crippen LogP contribution in [0.1, 0.15) is 17.0 Å². The number of nitrogens with zero attached hydrogens (tertiary/aromatic N) is 1. The van der Waals surface area contributed by atoms with E-state index in [1.165, 1.54) is 6.07 Å². The molecule has 0 aliphatic carbocycles. The number of phenolic OH excluding ortho intramolecular Hbond substituents is 1. The smallest absolute Gasteiger partial charge is 0.205 e. The van der Waals surface area contributed by atoms with E-state index in [1.807, 2.05) is 24.3 Å². The highest BCUT2D eigenvalue weighted by Gasteiger charge is 2.31. The molecule has 2 aromatic rings. The van der Waals surface area contributed by atoms with E-state index in [0.717, 1.165) is 5.56 Å². The van der Waals surface area contributed by atoms with Gasteiger partial charge in [-0.15, -0.1) is 0 Å². The number of hydrogen-bond donors (Lipinski definition) is 2. The summed E-state index contributed by atoms with van der Waals surface area (Å²) in [7, 11) is 1.57. The Labute approximate surface area is 138 Å². The van der Waals surface area contributed by atoms with Gasteiger partial charge in [0.15, 0.2) is 0 Å². The largest absolute Gasteiger partial charge is 0.506 e. The first-order valence-corrected chi connectivity index (χ1v) is 7.17. The first-order valence-electron chi connectivity index (χ1n) is 6.79. The second kappa shape index (κ2) is 5.75. The molecule has 116 valence electrons. The van der Waals surface area contributed by atoms with Gasteiger partial charge in [0.1, 0.15) is 28.9 Å². The average molecular weight is 329 g/mol. The quantitative estimate of drug-likeness (QED) is 0.883. The van der Waals surface area contributed by atoms with Crippen LogP contribution < -0.4 is 15.2 Å². The summed E-state index contributed by atoms with van der Waals surface area (Å²) in [5, 5.41) is 19.4. The van der Waals surface area contributed by atoms with E-state index >= 15 is 0 Å². The van der Waals surface area contributed by atoms with Crippen LogP contribution in [0.2, 0.25) is 5.02 Å². The summed E-state index contributed by atoms with van der Waals surface area (Å²) in [4.78, 5) is 0. The van der Waals surface area contributed by atoms with Crippen molar-refractivity contribution in [2.24, 2.45) is 5.73 Å². The van der Waals surface area contributed by atoms with Crippen molar-refractivity contribution in [2.75, 3.05) is 7.11 Å². The number of allylic oxidation sites excluding steroid dienone is 1. The normalized spacial score (nSPS) is 16.3. The van der Waals surface area contributed by atoms with Crippen LogP contribution in [0.15, 0.2) is 47.9 Å². The highest BCUT2D eigenvalue weighted by Crippen LogP contribution is 2.45. The summed E-state index contributed by atoms with van der Waals surface area (Å²) in [6.45, 7) is 0. The number of hydrogen-bond acceptors (Lipinski definition) is 5. The van der Waals surface area contributed by atoms with Crippen molar-refractivity contribution in [3.05, 3.63) is 64.0 Å². The number of halogens is 1. The second-order valence-electron chi connectivity index (χ2n) is 5.04. The van der Waals surface area contributed by atoms with Crippen molar-refractivity contribution in [1.29, 1.82) is 5.26 Å². The lowest BCUT2D eigenvalue weighted by Gasteiger charge is -2.27.